The molecule has 0 unspecified atom stereocenters. The summed E-state index contributed by atoms with van der Waals surface area (Å²) in [4.78, 5) is 23.1. The lowest BCUT2D eigenvalue weighted by atomic mass is 9.89. The van der Waals surface area contributed by atoms with Gasteiger partial charge in [0.2, 0.25) is 0 Å². The number of hydrogen-bond acceptors (Lipinski definition) is 5. The Morgan fingerprint density at radius 1 is 0.284 bits per heavy atom. The average Bonchev–Trinajstić information content (AvgIpc) is 1.74. The van der Waals surface area contributed by atoms with Crippen LogP contribution in [0.4, 0.5) is 5.69 Å². The summed E-state index contributed by atoms with van der Waals surface area (Å²) < 4.78 is 4.67. The van der Waals surface area contributed by atoms with Gasteiger partial charge < -0.3 is 9.13 Å². The van der Waals surface area contributed by atoms with Gasteiger partial charge >= 0.3 is 0 Å². The summed E-state index contributed by atoms with van der Waals surface area (Å²) in [5, 5.41) is 33.9. The number of nitrogens with zero attached hydrogens (tertiary/aromatic N) is 8. The van der Waals surface area contributed by atoms with Crippen molar-refractivity contribution in [2.75, 3.05) is 0 Å². The molecule has 0 bridgehead atoms. The molecule has 0 saturated heterocycles. The molecule has 102 heavy (non-hydrogen) atoms. The number of para-hydroxylation sites is 2. The van der Waals surface area contributed by atoms with E-state index < -0.39 is 0 Å². The quantitative estimate of drug-likeness (QED) is 0.112. The Kier molecular flexibility index (Phi) is 12.4. The zero-order valence-electron chi connectivity index (χ0n) is 54.6. The highest BCUT2D eigenvalue weighted by atomic mass is 15.0. The normalized spacial score (nSPS) is 11.9. The number of aromatic nitrogens is 6. The van der Waals surface area contributed by atoms with Gasteiger partial charge in [0, 0.05) is 78.5 Å². The molecule has 22 rings (SSSR count). The van der Waals surface area contributed by atoms with Crippen molar-refractivity contribution < 1.29 is 0 Å². The topological polar surface area (TPSA) is 89.6 Å². The predicted molar refractivity (Wildman–Crippen MR) is 421 cm³/mol. The smallest absolute Gasteiger partial charge is 0.189 e. The van der Waals surface area contributed by atoms with Gasteiger partial charge in [0.1, 0.15) is 0 Å². The van der Waals surface area contributed by atoms with E-state index in [0.29, 0.717) is 28.7 Å². The number of pyridine rings is 1. The molecule has 0 aliphatic heterocycles. The van der Waals surface area contributed by atoms with Gasteiger partial charge in [-0.2, -0.15) is 5.26 Å². The largest absolute Gasteiger partial charge is 0.310 e. The monoisotopic (exact) mass is 1290 g/mol. The van der Waals surface area contributed by atoms with Crippen LogP contribution in [0.2, 0.25) is 0 Å². The summed E-state index contributed by atoms with van der Waals surface area (Å²) in [7, 11) is 0. The first kappa shape index (κ1) is 56.9. The summed E-state index contributed by atoms with van der Waals surface area (Å²) in [5.41, 5.74) is 17.9. The Labute approximate surface area is 583 Å². The van der Waals surface area contributed by atoms with Crippen LogP contribution in [-0.2, 0) is 0 Å². The Morgan fingerprint density at radius 3 is 1.05 bits per heavy atom. The highest BCUT2D eigenvalue weighted by Crippen LogP contribution is 2.48. The first-order valence-corrected chi connectivity index (χ1v) is 34.2. The van der Waals surface area contributed by atoms with Gasteiger partial charge in [-0.3, -0.25) is 4.98 Å². The number of rotatable bonds is 8. The van der Waals surface area contributed by atoms with Crippen molar-refractivity contribution in [1.82, 2.24) is 29.1 Å². The third-order valence-corrected chi connectivity index (χ3v) is 21.0. The fourth-order valence-electron chi connectivity index (χ4n) is 16.5. The molecule has 0 aliphatic rings. The van der Waals surface area contributed by atoms with E-state index in [1.54, 1.807) is 0 Å². The van der Waals surface area contributed by atoms with E-state index in [0.717, 1.165) is 93.8 Å². The Bertz CT molecular complexity index is 7040. The predicted octanol–water partition coefficient (Wildman–Crippen LogP) is 24.5. The van der Waals surface area contributed by atoms with Crippen LogP contribution in [0.25, 0.3) is 214 Å². The Morgan fingerprint density at radius 2 is 0.627 bits per heavy atom. The summed E-state index contributed by atoms with van der Waals surface area (Å²) in [6, 6.07) is 110. The van der Waals surface area contributed by atoms with Crippen molar-refractivity contribution >= 4 is 135 Å². The molecule has 8 nitrogen and oxygen atoms in total. The molecule has 0 N–H and O–H groups in total. The molecule has 468 valence electrons. The zero-order valence-corrected chi connectivity index (χ0v) is 54.6. The number of nitriles is 1. The molecule has 0 spiro atoms. The van der Waals surface area contributed by atoms with Crippen LogP contribution < -0.4 is 0 Å². The van der Waals surface area contributed by atoms with E-state index in [1.807, 2.05) is 103 Å². The molecular weight excluding hydrogens is 1240 g/mol. The van der Waals surface area contributed by atoms with Crippen molar-refractivity contribution in [2.45, 2.75) is 0 Å². The standard InChI is InChI=1S/C52H29N5.C42H23N3/c1-53-42-28-38-22-21-37-25-40(29-44-48(37)49(38)45(30-42)57(44)43-15-9-4-10-16-43)39-23-33-17-19-35-26-41(27-36-20-18-34(24-39)46(33)47(35)36)52-55-50(31-11-5-2-6-12-31)54-51(56-52)32-13-7-3-8-14-32;43-23-30-13-15-37-42-36(30)14-12-29-21-34(22-38(41(29)42)45(37)35-6-2-1-3-7-35)33-19-27-10-8-25-17-32(31-5-4-16-44-24-31)18-26-9-11-28(20-33)40(27)39(25)26/h2-30H;1-22,24H. The minimum Gasteiger partial charge on any atom is -0.310 e. The SMILES string of the molecule is N#Cc1ccc2c3c1ccc1cc(-c4cc5ccc6cc(-c7cccnc7)cc7ccc(c4)c5c67)cc(c13)n2-c1ccccc1.[C-]#[N+]c1cc2ccc3cc(-c4cc5ccc6cc(-c7nc(-c8ccccc8)nc(-c8ccccc8)n7)cc7ccc(c4)c5c67)cc4c3c2c(c1)n4-c1ccccc1. The molecule has 0 fully saturated rings. The lowest BCUT2D eigenvalue weighted by Gasteiger charge is -2.15. The third-order valence-electron chi connectivity index (χ3n) is 21.0. The molecule has 0 atom stereocenters. The van der Waals surface area contributed by atoms with Gasteiger partial charge in [-0.15, -0.1) is 0 Å². The molecule has 4 heterocycles. The van der Waals surface area contributed by atoms with E-state index in [-0.39, 0.29) is 0 Å². The van der Waals surface area contributed by atoms with Gasteiger partial charge in [0.15, 0.2) is 23.2 Å². The van der Waals surface area contributed by atoms with Crippen LogP contribution in [0.3, 0.4) is 0 Å². The number of hydrogen-bond donors (Lipinski definition) is 0. The van der Waals surface area contributed by atoms with Crippen LogP contribution in [0.15, 0.2) is 316 Å². The summed E-state index contributed by atoms with van der Waals surface area (Å²) >= 11 is 0. The third kappa shape index (κ3) is 8.80. The molecule has 18 aromatic carbocycles. The molecule has 22 aromatic rings. The second kappa shape index (κ2) is 22.2. The van der Waals surface area contributed by atoms with E-state index in [9.17, 15) is 5.26 Å². The van der Waals surface area contributed by atoms with Crippen molar-refractivity contribution in [3.63, 3.8) is 0 Å². The van der Waals surface area contributed by atoms with Crippen LogP contribution in [0.1, 0.15) is 5.56 Å². The second-order valence-corrected chi connectivity index (χ2v) is 26.7. The van der Waals surface area contributed by atoms with E-state index in [2.05, 4.69) is 237 Å². The van der Waals surface area contributed by atoms with Crippen LogP contribution in [0, 0.1) is 17.9 Å². The zero-order chi connectivity index (χ0) is 67.3. The Balaban J connectivity index is 0.000000136. The van der Waals surface area contributed by atoms with Gasteiger partial charge in [-0.05, 0) is 236 Å². The van der Waals surface area contributed by atoms with Crippen molar-refractivity contribution in [2.24, 2.45) is 0 Å². The van der Waals surface area contributed by atoms with Crippen LogP contribution in [0.5, 0.6) is 0 Å². The minimum absolute atomic E-state index is 0.645. The molecule has 0 aliphatic carbocycles. The molecule has 4 aromatic heterocycles. The Hall–Kier alpha value is -14.2. The molecule has 0 radical (unpaired) electrons. The van der Waals surface area contributed by atoms with Crippen molar-refractivity contribution in [1.29, 1.82) is 5.26 Å². The van der Waals surface area contributed by atoms with Gasteiger partial charge in [-0.1, -0.05) is 176 Å². The van der Waals surface area contributed by atoms with Crippen molar-refractivity contribution in [3.05, 3.63) is 333 Å². The van der Waals surface area contributed by atoms with Gasteiger partial charge in [0.05, 0.1) is 34.8 Å². The molecule has 8 heteroatoms. The van der Waals surface area contributed by atoms with Crippen LogP contribution in [-0.4, -0.2) is 29.1 Å². The van der Waals surface area contributed by atoms with Gasteiger partial charge in [0.25, 0.3) is 0 Å². The highest BCUT2D eigenvalue weighted by Gasteiger charge is 2.24. The maximum atomic E-state index is 9.89. The number of benzene rings is 18. The van der Waals surface area contributed by atoms with E-state index >= 15 is 0 Å². The lowest BCUT2D eigenvalue weighted by Crippen LogP contribution is -2.00. The fraction of sp³-hybridized carbons (Fsp3) is 0. The van der Waals surface area contributed by atoms with Crippen molar-refractivity contribution in [3.8, 4) is 85.0 Å². The first-order valence-electron chi connectivity index (χ1n) is 34.2. The van der Waals surface area contributed by atoms with E-state index in [1.165, 1.54) is 97.5 Å². The maximum absolute atomic E-state index is 9.89. The van der Waals surface area contributed by atoms with Crippen LogP contribution >= 0.6 is 0 Å². The highest BCUT2D eigenvalue weighted by molar-refractivity contribution is 6.30. The summed E-state index contributed by atoms with van der Waals surface area (Å²) in [5.74, 6) is 1.95. The molecular formula is C94H52N8. The first-order chi connectivity index (χ1) is 50.4. The van der Waals surface area contributed by atoms with Gasteiger partial charge in [-0.25, -0.2) is 19.8 Å². The fourth-order valence-corrected chi connectivity index (χ4v) is 16.5. The summed E-state index contributed by atoms with van der Waals surface area (Å²) in [6.45, 7) is 7.82. The maximum Gasteiger partial charge on any atom is 0.189 e. The minimum atomic E-state index is 0.645. The second-order valence-electron chi connectivity index (χ2n) is 26.7. The molecule has 0 amide bonds. The van der Waals surface area contributed by atoms with E-state index in [4.69, 9.17) is 21.5 Å². The molecule has 0 saturated carbocycles. The average molecular weight is 1290 g/mol. The summed E-state index contributed by atoms with van der Waals surface area (Å²) in [6.07, 6.45) is 3.75. The lowest BCUT2D eigenvalue weighted by molar-refractivity contribution is 1.07.